The van der Waals surface area contributed by atoms with Crippen LogP contribution in [-0.4, -0.2) is 39.4 Å². The van der Waals surface area contributed by atoms with Gasteiger partial charge >= 0.3 is 0 Å². The molecule has 1 aliphatic heterocycles. The first-order chi connectivity index (χ1) is 14.4. The quantitative estimate of drug-likeness (QED) is 0.634. The van der Waals surface area contributed by atoms with E-state index in [9.17, 15) is 14.4 Å². The summed E-state index contributed by atoms with van der Waals surface area (Å²) in [6.45, 7) is 3.37. The number of aromatic nitrogens is 2. The highest BCUT2D eigenvalue weighted by atomic mass is 32.1. The Balaban J connectivity index is 1.63. The van der Waals surface area contributed by atoms with Crippen molar-refractivity contribution in [1.82, 2.24) is 14.5 Å². The van der Waals surface area contributed by atoms with E-state index < -0.39 is 0 Å². The molecule has 1 fully saturated rings. The molecule has 30 heavy (non-hydrogen) atoms. The maximum Gasteiger partial charge on any atom is 0.261 e. The summed E-state index contributed by atoms with van der Waals surface area (Å²) in [4.78, 5) is 42.8. The van der Waals surface area contributed by atoms with E-state index in [4.69, 9.17) is 12.2 Å². The number of anilines is 1. The summed E-state index contributed by atoms with van der Waals surface area (Å²) in [6.07, 6.45) is 2.05. The Morgan fingerprint density at radius 1 is 1.13 bits per heavy atom. The van der Waals surface area contributed by atoms with E-state index in [1.54, 1.807) is 43.4 Å². The highest BCUT2D eigenvalue weighted by molar-refractivity contribution is 7.71. The number of likely N-dealkylation sites (tertiary alicyclic amines) is 1. The zero-order valence-electron chi connectivity index (χ0n) is 16.8. The SMILES string of the molecule is Cc1c(NC(=O)c2ccc3c(=O)n(C)c(=S)[nH]c3c2)cccc1C(=O)N1CCCC1. The van der Waals surface area contributed by atoms with Crippen LogP contribution in [0.4, 0.5) is 5.69 Å². The van der Waals surface area contributed by atoms with Crippen LogP contribution in [0.3, 0.4) is 0 Å². The number of nitrogens with zero attached hydrogens (tertiary/aromatic N) is 2. The van der Waals surface area contributed by atoms with Crippen molar-refractivity contribution in [3.63, 3.8) is 0 Å². The van der Waals surface area contributed by atoms with Gasteiger partial charge in [-0.2, -0.15) is 0 Å². The van der Waals surface area contributed by atoms with Crippen molar-refractivity contribution in [2.45, 2.75) is 19.8 Å². The molecule has 154 valence electrons. The van der Waals surface area contributed by atoms with Gasteiger partial charge in [-0.1, -0.05) is 6.07 Å². The number of nitrogens with one attached hydrogen (secondary N) is 2. The van der Waals surface area contributed by atoms with E-state index in [0.29, 0.717) is 27.7 Å². The normalized spacial score (nSPS) is 13.6. The number of hydrogen-bond donors (Lipinski definition) is 2. The summed E-state index contributed by atoms with van der Waals surface area (Å²) in [6, 6.07) is 10.2. The molecule has 0 saturated carbocycles. The summed E-state index contributed by atoms with van der Waals surface area (Å²) in [7, 11) is 1.60. The van der Waals surface area contributed by atoms with Crippen molar-refractivity contribution in [2.24, 2.45) is 7.05 Å². The van der Waals surface area contributed by atoms with E-state index in [-0.39, 0.29) is 22.1 Å². The van der Waals surface area contributed by atoms with Gasteiger partial charge in [0.15, 0.2) is 4.77 Å². The molecule has 2 N–H and O–H groups in total. The number of fused-ring (bicyclic) bond motifs is 1. The molecule has 3 aromatic rings. The first-order valence-electron chi connectivity index (χ1n) is 9.80. The van der Waals surface area contributed by atoms with E-state index >= 15 is 0 Å². The first kappa shape index (κ1) is 20.0. The third-order valence-electron chi connectivity index (χ3n) is 5.57. The topological polar surface area (TPSA) is 87.2 Å². The molecule has 0 spiro atoms. The molecular formula is C22H22N4O3S. The number of aromatic amines is 1. The maximum absolute atomic E-state index is 12.9. The minimum absolute atomic E-state index is 0.00442. The highest BCUT2D eigenvalue weighted by Gasteiger charge is 2.22. The Morgan fingerprint density at radius 3 is 2.60 bits per heavy atom. The Kier molecular flexibility index (Phi) is 5.26. The van der Waals surface area contributed by atoms with Crippen molar-refractivity contribution < 1.29 is 9.59 Å². The van der Waals surface area contributed by atoms with Crippen LogP contribution in [0.5, 0.6) is 0 Å². The van der Waals surface area contributed by atoms with Crippen LogP contribution in [0.25, 0.3) is 10.9 Å². The fraction of sp³-hybridized carbons (Fsp3) is 0.273. The molecule has 0 unspecified atom stereocenters. The summed E-state index contributed by atoms with van der Waals surface area (Å²) < 4.78 is 1.64. The summed E-state index contributed by atoms with van der Waals surface area (Å²) in [5, 5.41) is 3.34. The van der Waals surface area contributed by atoms with Crippen LogP contribution in [-0.2, 0) is 7.05 Å². The van der Waals surface area contributed by atoms with Crippen molar-refractivity contribution in [3.8, 4) is 0 Å². The third-order valence-corrected chi connectivity index (χ3v) is 5.94. The number of hydrogen-bond acceptors (Lipinski definition) is 4. The number of benzene rings is 2. The minimum Gasteiger partial charge on any atom is -0.339 e. The van der Waals surface area contributed by atoms with Crippen LogP contribution < -0.4 is 10.9 Å². The summed E-state index contributed by atoms with van der Waals surface area (Å²) in [5.41, 5.74) is 2.59. The number of rotatable bonds is 3. The predicted octanol–water partition coefficient (Wildman–Crippen LogP) is 3.39. The van der Waals surface area contributed by atoms with Crippen LogP contribution in [0, 0.1) is 11.7 Å². The van der Waals surface area contributed by atoms with Gasteiger partial charge in [0.2, 0.25) is 0 Å². The Morgan fingerprint density at radius 2 is 1.87 bits per heavy atom. The molecule has 1 saturated heterocycles. The molecule has 2 heterocycles. The minimum atomic E-state index is -0.328. The van der Waals surface area contributed by atoms with Gasteiger partial charge in [-0.25, -0.2) is 0 Å². The molecule has 0 atom stereocenters. The number of amides is 2. The van der Waals surface area contributed by atoms with E-state index in [0.717, 1.165) is 31.5 Å². The van der Waals surface area contributed by atoms with E-state index in [2.05, 4.69) is 10.3 Å². The lowest BCUT2D eigenvalue weighted by Gasteiger charge is -2.18. The molecule has 2 amide bonds. The van der Waals surface area contributed by atoms with Crippen LogP contribution in [0.1, 0.15) is 39.1 Å². The van der Waals surface area contributed by atoms with E-state index in [1.807, 2.05) is 11.8 Å². The third kappa shape index (κ3) is 3.54. The second kappa shape index (κ2) is 7.87. The molecule has 2 aromatic carbocycles. The lowest BCUT2D eigenvalue weighted by molar-refractivity contribution is 0.0791. The fourth-order valence-electron chi connectivity index (χ4n) is 3.74. The van der Waals surface area contributed by atoms with Gasteiger partial charge in [0.1, 0.15) is 0 Å². The standard InChI is InChI=1S/C22H22N4O3S/c1-13-15(21(29)26-10-3-4-11-26)6-5-7-17(13)23-19(27)14-8-9-16-18(12-14)24-22(30)25(2)20(16)28/h5-9,12H,3-4,10-11H2,1-2H3,(H,23,27)(H,24,30). The van der Waals surface area contributed by atoms with Gasteiger partial charge in [0.05, 0.1) is 10.9 Å². The van der Waals surface area contributed by atoms with Crippen molar-refractivity contribution in [3.05, 3.63) is 68.2 Å². The highest BCUT2D eigenvalue weighted by Crippen LogP contribution is 2.23. The lowest BCUT2D eigenvalue weighted by Crippen LogP contribution is -2.28. The molecule has 1 aliphatic rings. The van der Waals surface area contributed by atoms with Crippen LogP contribution in [0.2, 0.25) is 0 Å². The smallest absolute Gasteiger partial charge is 0.261 e. The number of carbonyl (C=O) groups is 2. The van der Waals surface area contributed by atoms with Gasteiger partial charge in [-0.05, 0) is 67.9 Å². The van der Waals surface area contributed by atoms with Crippen molar-refractivity contribution in [1.29, 1.82) is 0 Å². The molecule has 8 heteroatoms. The molecule has 1 aromatic heterocycles. The van der Waals surface area contributed by atoms with Crippen molar-refractivity contribution >= 4 is 40.6 Å². The first-order valence-corrected chi connectivity index (χ1v) is 10.2. The van der Waals surface area contributed by atoms with Gasteiger partial charge < -0.3 is 15.2 Å². The Bertz CT molecular complexity index is 1290. The Labute approximate surface area is 178 Å². The lowest BCUT2D eigenvalue weighted by atomic mass is 10.0. The number of H-pyrrole nitrogens is 1. The molecule has 0 radical (unpaired) electrons. The second-order valence-electron chi connectivity index (χ2n) is 7.49. The predicted molar refractivity (Wildman–Crippen MR) is 119 cm³/mol. The monoisotopic (exact) mass is 422 g/mol. The maximum atomic E-state index is 12.9. The largest absolute Gasteiger partial charge is 0.339 e. The summed E-state index contributed by atoms with van der Waals surface area (Å²) in [5.74, 6) is -0.332. The molecule has 4 rings (SSSR count). The zero-order chi connectivity index (χ0) is 21.4. The van der Waals surface area contributed by atoms with Gasteiger partial charge in [0, 0.05) is 37.0 Å². The zero-order valence-corrected chi connectivity index (χ0v) is 17.6. The second-order valence-corrected chi connectivity index (χ2v) is 7.87. The van der Waals surface area contributed by atoms with Gasteiger partial charge in [-0.15, -0.1) is 0 Å². The number of carbonyl (C=O) groups excluding carboxylic acids is 2. The summed E-state index contributed by atoms with van der Waals surface area (Å²) >= 11 is 5.15. The Hall–Kier alpha value is -3.26. The fourth-order valence-corrected chi connectivity index (χ4v) is 3.93. The van der Waals surface area contributed by atoms with Gasteiger partial charge in [0.25, 0.3) is 17.4 Å². The molecule has 7 nitrogen and oxygen atoms in total. The van der Waals surface area contributed by atoms with Gasteiger partial charge in [-0.3, -0.25) is 19.0 Å². The molecule has 0 aliphatic carbocycles. The average Bonchev–Trinajstić information content (AvgIpc) is 3.27. The van der Waals surface area contributed by atoms with Crippen molar-refractivity contribution in [2.75, 3.05) is 18.4 Å². The average molecular weight is 423 g/mol. The van der Waals surface area contributed by atoms with Crippen LogP contribution >= 0.6 is 12.2 Å². The van der Waals surface area contributed by atoms with Crippen LogP contribution in [0.15, 0.2) is 41.2 Å². The van der Waals surface area contributed by atoms with E-state index in [1.165, 1.54) is 4.57 Å². The molecule has 0 bridgehead atoms. The molecular weight excluding hydrogens is 400 g/mol.